The number of esters is 2. The van der Waals surface area contributed by atoms with Crippen LogP contribution in [0.4, 0.5) is 8.78 Å². The van der Waals surface area contributed by atoms with Crippen LogP contribution in [0.15, 0.2) is 24.3 Å². The van der Waals surface area contributed by atoms with Crippen LogP contribution >= 0.6 is 0 Å². The van der Waals surface area contributed by atoms with Gasteiger partial charge >= 0.3 is 17.6 Å². The molecule has 2 rings (SSSR count). The van der Waals surface area contributed by atoms with Gasteiger partial charge < -0.3 is 9.47 Å². The van der Waals surface area contributed by atoms with E-state index in [0.29, 0.717) is 0 Å². The Morgan fingerprint density at radius 3 is 2.07 bits per heavy atom. The number of halogens is 2. The maximum Gasteiger partial charge on any atom is 0.359 e. The van der Waals surface area contributed by atoms with E-state index in [2.05, 4.69) is 4.72 Å². The third kappa shape index (κ3) is 5.01. The maximum atomic E-state index is 15.3. The van der Waals surface area contributed by atoms with Crippen molar-refractivity contribution >= 4 is 22.9 Å². The summed E-state index contributed by atoms with van der Waals surface area (Å²) in [6.45, 7) is 9.37. The lowest BCUT2D eigenvalue weighted by molar-refractivity contribution is -0.253. The first-order valence-corrected chi connectivity index (χ1v) is 10.4. The molecule has 162 valence electrons. The van der Waals surface area contributed by atoms with Crippen LogP contribution < -0.4 is 4.72 Å². The van der Waals surface area contributed by atoms with Crippen molar-refractivity contribution in [2.75, 3.05) is 0 Å². The van der Waals surface area contributed by atoms with E-state index < -0.39 is 56.9 Å². The standard InChI is InChI=1S/C20H27F2NO5S/c1-17(2,3)29(26)23-19(6,13-9-7-8-10-14(13)21)11-12-20(22)15(24)27-18(4,5)28-16(20)25/h7-10,23H,11-12H2,1-6H3. The molecule has 0 aliphatic carbocycles. The number of cyclic esters (lactones) is 2. The maximum absolute atomic E-state index is 15.3. The Morgan fingerprint density at radius 1 is 1.07 bits per heavy atom. The largest absolute Gasteiger partial charge is 0.420 e. The van der Waals surface area contributed by atoms with Crippen molar-refractivity contribution in [3.8, 4) is 0 Å². The number of benzene rings is 1. The van der Waals surface area contributed by atoms with Gasteiger partial charge in [-0.15, -0.1) is 0 Å². The van der Waals surface area contributed by atoms with Gasteiger partial charge in [0.25, 0.3) is 5.79 Å². The van der Waals surface area contributed by atoms with Gasteiger partial charge in [-0.1, -0.05) is 18.2 Å². The number of rotatable bonds is 6. The van der Waals surface area contributed by atoms with Crippen molar-refractivity contribution < 1.29 is 32.1 Å². The summed E-state index contributed by atoms with van der Waals surface area (Å²) >= 11 is 0. The molecule has 9 heteroatoms. The molecule has 1 aliphatic heterocycles. The number of hydrogen-bond donors (Lipinski definition) is 1. The molecule has 29 heavy (non-hydrogen) atoms. The summed E-state index contributed by atoms with van der Waals surface area (Å²) in [5.41, 5.74) is -4.23. The lowest BCUT2D eigenvalue weighted by Crippen LogP contribution is -2.57. The van der Waals surface area contributed by atoms with Crippen molar-refractivity contribution in [2.24, 2.45) is 0 Å². The molecule has 1 fully saturated rings. The summed E-state index contributed by atoms with van der Waals surface area (Å²) < 4.78 is 54.4. The molecule has 1 saturated heterocycles. The minimum Gasteiger partial charge on any atom is -0.420 e. The van der Waals surface area contributed by atoms with Gasteiger partial charge in [-0.3, -0.25) is 0 Å². The van der Waals surface area contributed by atoms with Crippen molar-refractivity contribution in [2.45, 2.75) is 76.1 Å². The molecule has 0 radical (unpaired) electrons. The van der Waals surface area contributed by atoms with Crippen LogP contribution in [-0.4, -0.2) is 32.4 Å². The second-order valence-electron chi connectivity index (χ2n) is 8.78. The molecule has 1 aromatic carbocycles. The molecule has 1 heterocycles. The smallest absolute Gasteiger partial charge is 0.359 e. The number of alkyl halides is 1. The number of carbonyl (C=O) groups excluding carboxylic acids is 2. The zero-order valence-electron chi connectivity index (χ0n) is 17.4. The van der Waals surface area contributed by atoms with E-state index in [1.807, 2.05) is 0 Å². The highest BCUT2D eigenvalue weighted by Gasteiger charge is 2.58. The van der Waals surface area contributed by atoms with E-state index in [-0.39, 0.29) is 12.0 Å². The molecule has 2 unspecified atom stereocenters. The van der Waals surface area contributed by atoms with Gasteiger partial charge in [0.05, 0.1) is 21.3 Å². The van der Waals surface area contributed by atoms with Crippen molar-refractivity contribution in [3.05, 3.63) is 35.6 Å². The van der Waals surface area contributed by atoms with Gasteiger partial charge in [0.1, 0.15) is 5.82 Å². The predicted molar refractivity (Wildman–Crippen MR) is 104 cm³/mol. The average Bonchev–Trinajstić information content (AvgIpc) is 2.57. The SMILES string of the molecule is CC1(C)OC(=O)C(F)(CCC(C)(NS(=O)C(C)(C)C)c2ccccc2F)C(=O)O1. The summed E-state index contributed by atoms with van der Waals surface area (Å²) in [5, 5.41) is 0. The Kier molecular flexibility index (Phi) is 6.26. The predicted octanol–water partition coefficient (Wildman–Crippen LogP) is 3.42. The van der Waals surface area contributed by atoms with Crippen molar-refractivity contribution in [3.63, 3.8) is 0 Å². The summed E-state index contributed by atoms with van der Waals surface area (Å²) in [6, 6.07) is 5.80. The lowest BCUT2D eigenvalue weighted by Gasteiger charge is -2.38. The minimum atomic E-state index is -3.03. The van der Waals surface area contributed by atoms with Gasteiger partial charge in [0.2, 0.25) is 0 Å². The molecular formula is C20H27F2NO5S. The highest BCUT2D eigenvalue weighted by Crippen LogP contribution is 2.37. The molecule has 0 saturated carbocycles. The fourth-order valence-electron chi connectivity index (χ4n) is 2.85. The van der Waals surface area contributed by atoms with Crippen molar-refractivity contribution in [1.29, 1.82) is 0 Å². The number of carbonyl (C=O) groups is 2. The Hall–Kier alpha value is -1.87. The lowest BCUT2D eigenvalue weighted by atomic mass is 9.84. The van der Waals surface area contributed by atoms with Crippen LogP contribution in [0, 0.1) is 5.82 Å². The molecule has 0 bridgehead atoms. The van der Waals surface area contributed by atoms with Crippen LogP contribution in [-0.2, 0) is 35.6 Å². The zero-order valence-corrected chi connectivity index (χ0v) is 18.2. The first kappa shape index (κ1) is 23.4. The average molecular weight is 432 g/mol. The van der Waals surface area contributed by atoms with E-state index >= 15 is 4.39 Å². The van der Waals surface area contributed by atoms with E-state index in [1.165, 1.54) is 32.0 Å². The van der Waals surface area contributed by atoms with Gasteiger partial charge in [0.15, 0.2) is 0 Å². The molecule has 2 atom stereocenters. The number of hydrogen-bond acceptors (Lipinski definition) is 5. The van der Waals surface area contributed by atoms with Crippen molar-refractivity contribution in [1.82, 2.24) is 4.72 Å². The van der Waals surface area contributed by atoms with Gasteiger partial charge in [-0.25, -0.2) is 27.3 Å². The quantitative estimate of drug-likeness (QED) is 0.551. The minimum absolute atomic E-state index is 0.138. The molecule has 0 aromatic heterocycles. The van der Waals surface area contributed by atoms with Crippen LogP contribution in [0.2, 0.25) is 0 Å². The molecule has 1 aromatic rings. The fourth-order valence-corrected chi connectivity index (χ4v) is 3.77. The van der Waals surface area contributed by atoms with E-state index in [4.69, 9.17) is 9.47 Å². The normalized spacial score (nSPS) is 21.7. The Balaban J connectivity index is 2.36. The second kappa shape index (κ2) is 7.75. The highest BCUT2D eigenvalue weighted by atomic mass is 32.2. The molecule has 0 spiro atoms. The molecular weight excluding hydrogens is 404 g/mol. The second-order valence-corrected chi connectivity index (χ2v) is 10.7. The number of nitrogens with one attached hydrogen (secondary N) is 1. The van der Waals surface area contributed by atoms with Gasteiger partial charge in [-0.2, -0.15) is 0 Å². The Bertz CT molecular complexity index is 816. The van der Waals surface area contributed by atoms with E-state index in [9.17, 15) is 18.2 Å². The van der Waals surface area contributed by atoms with Crippen LogP contribution in [0.3, 0.4) is 0 Å². The molecule has 1 N–H and O–H groups in total. The molecule has 0 amide bonds. The van der Waals surface area contributed by atoms with Crippen LogP contribution in [0.25, 0.3) is 0 Å². The van der Waals surface area contributed by atoms with Crippen LogP contribution in [0.5, 0.6) is 0 Å². The first-order valence-electron chi connectivity index (χ1n) is 9.21. The zero-order chi connectivity index (χ0) is 22.3. The fraction of sp³-hybridized carbons (Fsp3) is 0.600. The Labute approximate surface area is 171 Å². The molecule has 1 aliphatic rings. The topological polar surface area (TPSA) is 81.7 Å². The Morgan fingerprint density at radius 2 is 1.59 bits per heavy atom. The van der Waals surface area contributed by atoms with Gasteiger partial charge in [0, 0.05) is 25.8 Å². The highest BCUT2D eigenvalue weighted by molar-refractivity contribution is 7.84. The summed E-state index contributed by atoms with van der Waals surface area (Å²) in [6.07, 6.45) is -0.864. The van der Waals surface area contributed by atoms with Gasteiger partial charge in [-0.05, 0) is 40.2 Å². The third-order valence-corrected chi connectivity index (χ3v) is 6.38. The van der Waals surface area contributed by atoms with E-state index in [1.54, 1.807) is 33.8 Å². The summed E-state index contributed by atoms with van der Waals surface area (Å²) in [5.74, 6) is -4.86. The first-order chi connectivity index (χ1) is 13.1. The van der Waals surface area contributed by atoms with E-state index in [0.717, 1.165) is 0 Å². The third-order valence-electron chi connectivity index (χ3n) is 4.64. The molecule has 6 nitrogen and oxygen atoms in total. The number of ether oxygens (including phenoxy) is 2. The monoisotopic (exact) mass is 431 g/mol. The summed E-state index contributed by atoms with van der Waals surface area (Å²) in [7, 11) is -1.64. The summed E-state index contributed by atoms with van der Waals surface area (Å²) in [4.78, 5) is 24.4. The van der Waals surface area contributed by atoms with Crippen LogP contribution in [0.1, 0.15) is 59.9 Å².